The van der Waals surface area contributed by atoms with E-state index in [1.54, 1.807) is 26.0 Å². The van der Waals surface area contributed by atoms with E-state index < -0.39 is 17.6 Å². The van der Waals surface area contributed by atoms with Crippen LogP contribution in [0.3, 0.4) is 0 Å². The summed E-state index contributed by atoms with van der Waals surface area (Å²) in [5.41, 5.74) is 1.03. The van der Waals surface area contributed by atoms with Crippen LogP contribution in [-0.4, -0.2) is 21.6 Å². The predicted octanol–water partition coefficient (Wildman–Crippen LogP) is 2.36. The third kappa shape index (κ3) is 3.31. The molecule has 2 N–H and O–H groups in total. The maximum Gasteiger partial charge on any atom is 0.341 e. The summed E-state index contributed by atoms with van der Waals surface area (Å²) in [6.07, 6.45) is 0. The third-order valence-electron chi connectivity index (χ3n) is 3.72. The number of hydrogen-bond acceptors (Lipinski definition) is 3. The van der Waals surface area contributed by atoms with Gasteiger partial charge in [-0.1, -0.05) is 18.2 Å². The number of anilines is 1. The number of para-hydroxylation sites is 1. The van der Waals surface area contributed by atoms with Crippen molar-refractivity contribution in [1.82, 2.24) is 4.57 Å². The number of rotatable bonds is 4. The summed E-state index contributed by atoms with van der Waals surface area (Å²) in [4.78, 5) is 35.8. The van der Waals surface area contributed by atoms with Crippen LogP contribution in [0.1, 0.15) is 34.6 Å². The number of aromatic carboxylic acids is 1. The Hall–Kier alpha value is -2.89. The minimum absolute atomic E-state index is 0.355. The van der Waals surface area contributed by atoms with E-state index in [2.05, 4.69) is 5.32 Å². The summed E-state index contributed by atoms with van der Waals surface area (Å²) in [6.45, 7) is 5.08. The van der Waals surface area contributed by atoms with Crippen molar-refractivity contribution in [3.63, 3.8) is 0 Å². The molecule has 0 bridgehead atoms. The van der Waals surface area contributed by atoms with Crippen LogP contribution in [0.2, 0.25) is 0 Å². The molecule has 1 unspecified atom stereocenters. The number of carbonyl (C=O) groups excluding carboxylic acids is 1. The van der Waals surface area contributed by atoms with Gasteiger partial charge in [0.05, 0.1) is 0 Å². The number of carboxylic acid groups (broad SMARTS) is 1. The summed E-state index contributed by atoms with van der Waals surface area (Å²) >= 11 is 0. The summed E-state index contributed by atoms with van der Waals surface area (Å²) in [5, 5.41) is 11.8. The number of carbonyl (C=O) groups is 2. The average molecular weight is 314 g/mol. The average Bonchev–Trinajstić information content (AvgIpc) is 2.49. The molecule has 2 rings (SSSR count). The first-order valence-electron chi connectivity index (χ1n) is 7.15. The molecule has 120 valence electrons. The molecule has 0 saturated carbocycles. The Labute approximate surface area is 133 Å². The van der Waals surface area contributed by atoms with Crippen molar-refractivity contribution < 1.29 is 14.7 Å². The SMILES string of the molecule is Cc1ccccc1NC(=O)C(C)n1c(C)ccc(C(=O)O)c1=O. The predicted molar refractivity (Wildman–Crippen MR) is 86.9 cm³/mol. The zero-order valence-corrected chi connectivity index (χ0v) is 13.2. The van der Waals surface area contributed by atoms with Gasteiger partial charge in [0.25, 0.3) is 5.56 Å². The van der Waals surface area contributed by atoms with Gasteiger partial charge in [0, 0.05) is 11.4 Å². The molecule has 0 fully saturated rings. The molecule has 1 amide bonds. The van der Waals surface area contributed by atoms with Crippen LogP contribution in [0, 0.1) is 13.8 Å². The van der Waals surface area contributed by atoms with E-state index >= 15 is 0 Å². The minimum atomic E-state index is -1.31. The summed E-state index contributed by atoms with van der Waals surface area (Å²) in [5.74, 6) is -1.69. The molecule has 2 aromatic rings. The zero-order valence-electron chi connectivity index (χ0n) is 13.2. The smallest absolute Gasteiger partial charge is 0.341 e. The Morgan fingerprint density at radius 2 is 1.78 bits per heavy atom. The lowest BCUT2D eigenvalue weighted by Gasteiger charge is -2.19. The van der Waals surface area contributed by atoms with Crippen molar-refractivity contribution in [2.45, 2.75) is 26.8 Å². The van der Waals surface area contributed by atoms with Crippen molar-refractivity contribution in [3.8, 4) is 0 Å². The summed E-state index contributed by atoms with van der Waals surface area (Å²) < 4.78 is 1.19. The molecular weight excluding hydrogens is 296 g/mol. The topological polar surface area (TPSA) is 88.4 Å². The number of benzene rings is 1. The Morgan fingerprint density at radius 3 is 2.39 bits per heavy atom. The Bertz CT molecular complexity index is 824. The highest BCUT2D eigenvalue weighted by Crippen LogP contribution is 2.16. The molecule has 0 radical (unpaired) electrons. The van der Waals surface area contributed by atoms with Crippen molar-refractivity contribution in [3.05, 3.63) is 63.6 Å². The van der Waals surface area contributed by atoms with Crippen molar-refractivity contribution in [2.24, 2.45) is 0 Å². The first-order valence-corrected chi connectivity index (χ1v) is 7.15. The fourth-order valence-corrected chi connectivity index (χ4v) is 2.36. The van der Waals surface area contributed by atoms with E-state index in [1.807, 2.05) is 19.1 Å². The summed E-state index contributed by atoms with van der Waals surface area (Å²) in [7, 11) is 0. The van der Waals surface area contributed by atoms with Gasteiger partial charge < -0.3 is 10.4 Å². The largest absolute Gasteiger partial charge is 0.477 e. The minimum Gasteiger partial charge on any atom is -0.477 e. The number of nitrogens with one attached hydrogen (secondary N) is 1. The van der Waals surface area contributed by atoms with Crippen LogP contribution in [0.5, 0.6) is 0 Å². The van der Waals surface area contributed by atoms with Crippen molar-refractivity contribution in [2.75, 3.05) is 5.32 Å². The zero-order chi connectivity index (χ0) is 17.1. The lowest BCUT2D eigenvalue weighted by molar-refractivity contribution is -0.118. The Kier molecular flexibility index (Phi) is 4.64. The second-order valence-corrected chi connectivity index (χ2v) is 5.35. The lowest BCUT2D eigenvalue weighted by Crippen LogP contribution is -2.35. The van der Waals surface area contributed by atoms with Crippen LogP contribution in [0.15, 0.2) is 41.2 Å². The van der Waals surface area contributed by atoms with Gasteiger partial charge in [-0.25, -0.2) is 4.79 Å². The molecule has 1 aromatic carbocycles. The third-order valence-corrected chi connectivity index (χ3v) is 3.72. The van der Waals surface area contributed by atoms with E-state index in [0.29, 0.717) is 11.4 Å². The lowest BCUT2D eigenvalue weighted by atomic mass is 10.1. The molecular formula is C17H18N2O4. The van der Waals surface area contributed by atoms with Crippen LogP contribution < -0.4 is 10.9 Å². The van der Waals surface area contributed by atoms with Gasteiger partial charge in [-0.05, 0) is 44.5 Å². The van der Waals surface area contributed by atoms with Gasteiger partial charge in [0.1, 0.15) is 11.6 Å². The molecule has 0 aliphatic heterocycles. The van der Waals surface area contributed by atoms with Crippen LogP contribution in [-0.2, 0) is 4.79 Å². The first kappa shape index (κ1) is 16.5. The number of amides is 1. The van der Waals surface area contributed by atoms with Gasteiger partial charge >= 0.3 is 5.97 Å². The van der Waals surface area contributed by atoms with Gasteiger partial charge in [-0.2, -0.15) is 0 Å². The van der Waals surface area contributed by atoms with Gasteiger partial charge in [0.15, 0.2) is 0 Å². The molecule has 1 heterocycles. The molecule has 0 aliphatic rings. The fraction of sp³-hybridized carbons (Fsp3) is 0.235. The van der Waals surface area contributed by atoms with Crippen molar-refractivity contribution in [1.29, 1.82) is 0 Å². The van der Waals surface area contributed by atoms with Gasteiger partial charge in [-0.3, -0.25) is 14.2 Å². The van der Waals surface area contributed by atoms with E-state index in [4.69, 9.17) is 5.11 Å². The highest BCUT2D eigenvalue weighted by molar-refractivity contribution is 5.94. The van der Waals surface area contributed by atoms with Gasteiger partial charge in [-0.15, -0.1) is 0 Å². The standard InChI is InChI=1S/C17H18N2O4/c1-10-6-4-5-7-14(10)18-15(20)12(3)19-11(2)8-9-13(16(19)21)17(22)23/h4-9,12H,1-3H3,(H,18,20)(H,22,23). The number of hydrogen-bond donors (Lipinski definition) is 2. The summed E-state index contributed by atoms with van der Waals surface area (Å²) in [6, 6.07) is 9.23. The molecule has 6 nitrogen and oxygen atoms in total. The Morgan fingerprint density at radius 1 is 1.13 bits per heavy atom. The number of aromatic nitrogens is 1. The second kappa shape index (κ2) is 6.48. The normalized spacial score (nSPS) is 11.8. The van der Waals surface area contributed by atoms with E-state index in [0.717, 1.165) is 5.56 Å². The van der Waals surface area contributed by atoms with Gasteiger partial charge in [0.2, 0.25) is 5.91 Å². The number of aryl methyl sites for hydroxylation is 2. The molecule has 6 heteroatoms. The number of pyridine rings is 1. The highest BCUT2D eigenvalue weighted by Gasteiger charge is 2.21. The van der Waals surface area contributed by atoms with E-state index in [-0.39, 0.29) is 11.5 Å². The van der Waals surface area contributed by atoms with Crippen LogP contribution in [0.25, 0.3) is 0 Å². The van der Waals surface area contributed by atoms with Crippen LogP contribution >= 0.6 is 0 Å². The molecule has 0 saturated heterocycles. The molecule has 1 aromatic heterocycles. The number of nitrogens with zero attached hydrogens (tertiary/aromatic N) is 1. The Balaban J connectivity index is 2.37. The first-order chi connectivity index (χ1) is 10.8. The second-order valence-electron chi connectivity index (χ2n) is 5.35. The highest BCUT2D eigenvalue weighted by atomic mass is 16.4. The van der Waals surface area contributed by atoms with Crippen LogP contribution in [0.4, 0.5) is 5.69 Å². The van der Waals surface area contributed by atoms with E-state index in [9.17, 15) is 14.4 Å². The molecule has 0 aliphatic carbocycles. The quantitative estimate of drug-likeness (QED) is 0.906. The number of carboxylic acids is 1. The maximum atomic E-state index is 12.4. The fourth-order valence-electron chi connectivity index (χ4n) is 2.36. The monoisotopic (exact) mass is 314 g/mol. The molecule has 1 atom stereocenters. The maximum absolute atomic E-state index is 12.4. The molecule has 23 heavy (non-hydrogen) atoms. The van der Waals surface area contributed by atoms with Crippen molar-refractivity contribution >= 4 is 17.6 Å². The van der Waals surface area contributed by atoms with E-state index in [1.165, 1.54) is 16.7 Å². The molecule has 0 spiro atoms.